The molecule has 0 aliphatic heterocycles. The number of sulfonamides is 1. The summed E-state index contributed by atoms with van der Waals surface area (Å²) in [5.41, 5.74) is 1.68. The van der Waals surface area contributed by atoms with Crippen LogP contribution in [0.25, 0.3) is 0 Å². The van der Waals surface area contributed by atoms with Crippen molar-refractivity contribution in [3.8, 4) is 5.75 Å². The van der Waals surface area contributed by atoms with Crippen molar-refractivity contribution in [1.82, 2.24) is 4.72 Å². The van der Waals surface area contributed by atoms with E-state index in [4.69, 9.17) is 4.74 Å². The van der Waals surface area contributed by atoms with E-state index in [1.54, 1.807) is 12.1 Å². The predicted octanol–water partition coefficient (Wildman–Crippen LogP) is 3.34. The van der Waals surface area contributed by atoms with Crippen LogP contribution in [-0.4, -0.2) is 15.0 Å². The third kappa shape index (κ3) is 6.42. The maximum absolute atomic E-state index is 12.1. The van der Waals surface area contributed by atoms with Crippen LogP contribution in [-0.2, 0) is 22.3 Å². The highest BCUT2D eigenvalue weighted by Gasteiger charge is 2.11. The minimum absolute atomic E-state index is 0.0105. The first-order valence-corrected chi connectivity index (χ1v) is 9.33. The molecule has 23 heavy (non-hydrogen) atoms. The second kappa shape index (κ2) is 8.13. The molecule has 0 fully saturated rings. The van der Waals surface area contributed by atoms with Crippen LogP contribution < -0.4 is 9.46 Å². The second-order valence-corrected chi connectivity index (χ2v) is 7.72. The van der Waals surface area contributed by atoms with Crippen LogP contribution in [0.5, 0.6) is 5.75 Å². The molecule has 0 saturated heterocycles. The number of hydrogen-bond acceptors (Lipinski definition) is 3. The van der Waals surface area contributed by atoms with E-state index in [1.165, 1.54) is 0 Å². The van der Waals surface area contributed by atoms with Gasteiger partial charge < -0.3 is 4.74 Å². The summed E-state index contributed by atoms with van der Waals surface area (Å²) in [6, 6.07) is 16.6. The van der Waals surface area contributed by atoms with Gasteiger partial charge in [-0.1, -0.05) is 56.3 Å². The topological polar surface area (TPSA) is 55.4 Å². The van der Waals surface area contributed by atoms with Gasteiger partial charge in [0.15, 0.2) is 0 Å². The fourth-order valence-corrected chi connectivity index (χ4v) is 3.12. The molecule has 2 aromatic carbocycles. The molecule has 0 aromatic heterocycles. The van der Waals surface area contributed by atoms with E-state index in [0.29, 0.717) is 12.5 Å². The van der Waals surface area contributed by atoms with Crippen LogP contribution in [0.1, 0.15) is 25.0 Å². The molecule has 124 valence electrons. The van der Waals surface area contributed by atoms with Crippen LogP contribution in [0.3, 0.4) is 0 Å². The molecule has 0 unspecified atom stereocenters. The van der Waals surface area contributed by atoms with Crippen molar-refractivity contribution in [1.29, 1.82) is 0 Å². The number of nitrogens with one attached hydrogen (secondary N) is 1. The van der Waals surface area contributed by atoms with Gasteiger partial charge in [-0.15, -0.1) is 0 Å². The fourth-order valence-electron chi connectivity index (χ4n) is 2.00. The number of ether oxygens (including phenoxy) is 1. The molecule has 0 saturated carbocycles. The number of rotatable bonds is 8. The summed E-state index contributed by atoms with van der Waals surface area (Å²) in [5.74, 6) is 1.26. The van der Waals surface area contributed by atoms with E-state index in [-0.39, 0.29) is 12.3 Å². The normalized spacial score (nSPS) is 11.6. The maximum Gasteiger partial charge on any atom is 0.216 e. The molecule has 0 atom stereocenters. The zero-order valence-corrected chi connectivity index (χ0v) is 14.3. The van der Waals surface area contributed by atoms with E-state index in [2.05, 4.69) is 18.6 Å². The lowest BCUT2D eigenvalue weighted by Gasteiger charge is -2.10. The molecule has 0 aliphatic rings. The van der Waals surface area contributed by atoms with Crippen LogP contribution in [0.15, 0.2) is 54.6 Å². The van der Waals surface area contributed by atoms with Crippen LogP contribution in [0.4, 0.5) is 0 Å². The molecule has 0 aliphatic carbocycles. The summed E-state index contributed by atoms with van der Waals surface area (Å²) in [7, 11) is -3.35. The number of hydrogen-bond donors (Lipinski definition) is 1. The van der Waals surface area contributed by atoms with E-state index in [9.17, 15) is 8.42 Å². The second-order valence-electron chi connectivity index (χ2n) is 5.91. The zero-order valence-electron chi connectivity index (χ0n) is 13.5. The zero-order chi connectivity index (χ0) is 16.7. The Kier molecular flexibility index (Phi) is 6.19. The van der Waals surface area contributed by atoms with Gasteiger partial charge >= 0.3 is 0 Å². The van der Waals surface area contributed by atoms with Crippen LogP contribution >= 0.6 is 0 Å². The lowest BCUT2D eigenvalue weighted by Crippen LogP contribution is -2.24. The SMILES string of the molecule is CC(C)COc1ccc(CNS(=O)(=O)Cc2ccccc2)cc1. The Balaban J connectivity index is 1.87. The van der Waals surface area contributed by atoms with Gasteiger partial charge in [0.2, 0.25) is 10.0 Å². The van der Waals surface area contributed by atoms with Crippen molar-refractivity contribution in [2.45, 2.75) is 26.1 Å². The van der Waals surface area contributed by atoms with E-state index < -0.39 is 10.0 Å². The molecule has 2 rings (SSSR count). The Morgan fingerprint density at radius 2 is 1.61 bits per heavy atom. The molecule has 0 bridgehead atoms. The summed E-state index contributed by atoms with van der Waals surface area (Å²) < 4.78 is 32.4. The van der Waals surface area contributed by atoms with E-state index in [1.807, 2.05) is 42.5 Å². The van der Waals surface area contributed by atoms with E-state index in [0.717, 1.165) is 16.9 Å². The minimum atomic E-state index is -3.35. The molecular formula is C18H23NO3S. The van der Waals surface area contributed by atoms with Gasteiger partial charge in [-0.05, 0) is 29.2 Å². The molecule has 0 heterocycles. The summed E-state index contributed by atoms with van der Waals surface area (Å²) in [6.45, 7) is 5.13. The fraction of sp³-hybridized carbons (Fsp3) is 0.333. The first kappa shape index (κ1) is 17.5. The monoisotopic (exact) mass is 333 g/mol. The average Bonchev–Trinajstić information content (AvgIpc) is 2.52. The minimum Gasteiger partial charge on any atom is -0.493 e. The molecule has 2 aromatic rings. The van der Waals surface area contributed by atoms with Crippen molar-refractivity contribution >= 4 is 10.0 Å². The summed E-state index contributed by atoms with van der Waals surface area (Å²) >= 11 is 0. The highest BCUT2D eigenvalue weighted by Crippen LogP contribution is 2.13. The lowest BCUT2D eigenvalue weighted by atomic mass is 10.2. The quantitative estimate of drug-likeness (QED) is 0.806. The Hall–Kier alpha value is -1.85. The van der Waals surface area contributed by atoms with Crippen molar-refractivity contribution in [2.24, 2.45) is 5.92 Å². The van der Waals surface area contributed by atoms with Gasteiger partial charge in [-0.3, -0.25) is 0 Å². The van der Waals surface area contributed by atoms with Gasteiger partial charge in [0.25, 0.3) is 0 Å². The lowest BCUT2D eigenvalue weighted by molar-refractivity contribution is 0.271. The van der Waals surface area contributed by atoms with Crippen LogP contribution in [0, 0.1) is 5.92 Å². The average molecular weight is 333 g/mol. The third-order valence-corrected chi connectivity index (χ3v) is 4.50. The first-order valence-electron chi connectivity index (χ1n) is 7.67. The Bertz CT molecular complexity index is 695. The van der Waals surface area contributed by atoms with E-state index >= 15 is 0 Å². The standard InChI is InChI=1S/C18H23NO3S/c1-15(2)13-22-18-10-8-16(9-11-18)12-19-23(20,21)14-17-6-4-3-5-7-17/h3-11,15,19H,12-14H2,1-2H3. The Morgan fingerprint density at radius 3 is 2.22 bits per heavy atom. The molecule has 0 amide bonds. The van der Waals surface area contributed by atoms with Crippen molar-refractivity contribution in [3.63, 3.8) is 0 Å². The van der Waals surface area contributed by atoms with Gasteiger partial charge in [-0.2, -0.15) is 0 Å². The van der Waals surface area contributed by atoms with Crippen molar-refractivity contribution in [3.05, 3.63) is 65.7 Å². The highest BCUT2D eigenvalue weighted by atomic mass is 32.2. The molecular weight excluding hydrogens is 310 g/mol. The molecule has 5 heteroatoms. The maximum atomic E-state index is 12.1. The van der Waals surface area contributed by atoms with Gasteiger partial charge in [-0.25, -0.2) is 13.1 Å². The highest BCUT2D eigenvalue weighted by molar-refractivity contribution is 7.88. The summed E-state index contributed by atoms with van der Waals surface area (Å²) in [5, 5.41) is 0. The van der Waals surface area contributed by atoms with Crippen molar-refractivity contribution < 1.29 is 13.2 Å². The summed E-state index contributed by atoms with van der Waals surface area (Å²) in [6.07, 6.45) is 0. The van der Waals surface area contributed by atoms with Gasteiger partial charge in [0.05, 0.1) is 12.4 Å². The molecule has 4 nitrogen and oxygen atoms in total. The van der Waals surface area contributed by atoms with Gasteiger partial charge in [0, 0.05) is 6.54 Å². The first-order chi connectivity index (χ1) is 10.9. The van der Waals surface area contributed by atoms with Gasteiger partial charge in [0.1, 0.15) is 5.75 Å². The predicted molar refractivity (Wildman–Crippen MR) is 92.7 cm³/mol. The largest absolute Gasteiger partial charge is 0.493 e. The summed E-state index contributed by atoms with van der Waals surface area (Å²) in [4.78, 5) is 0. The number of benzene rings is 2. The molecule has 1 N–H and O–H groups in total. The van der Waals surface area contributed by atoms with Crippen LogP contribution in [0.2, 0.25) is 0 Å². The molecule has 0 radical (unpaired) electrons. The third-order valence-electron chi connectivity index (χ3n) is 3.20. The Labute approximate surface area is 138 Å². The Morgan fingerprint density at radius 1 is 0.957 bits per heavy atom. The molecule has 0 spiro atoms. The van der Waals surface area contributed by atoms with Crippen molar-refractivity contribution in [2.75, 3.05) is 6.61 Å². The smallest absolute Gasteiger partial charge is 0.216 e.